The van der Waals surface area contributed by atoms with Gasteiger partial charge in [0.05, 0.1) is 17.6 Å². The van der Waals surface area contributed by atoms with Crippen LogP contribution in [0.4, 0.5) is 4.39 Å². The van der Waals surface area contributed by atoms with E-state index < -0.39 is 0 Å². The third-order valence-corrected chi connectivity index (χ3v) is 2.32. The number of carbonyl (C=O) groups is 1. The van der Waals surface area contributed by atoms with E-state index in [1.807, 2.05) is 0 Å². The predicted molar refractivity (Wildman–Crippen MR) is 76.1 cm³/mol. The molecule has 1 aromatic carbocycles. The number of fused-ring (bicyclic) bond motifs is 1. The van der Waals surface area contributed by atoms with Gasteiger partial charge in [-0.05, 0) is 18.2 Å². The van der Waals surface area contributed by atoms with Crippen LogP contribution in [0.5, 0.6) is 0 Å². The van der Waals surface area contributed by atoms with Crippen LogP contribution in [0.3, 0.4) is 0 Å². The van der Waals surface area contributed by atoms with Gasteiger partial charge in [0, 0.05) is 13.0 Å². The number of aromatic amines is 1. The van der Waals surface area contributed by atoms with Crippen molar-refractivity contribution in [1.82, 2.24) is 15.3 Å². The number of hydrogen-bond acceptors (Lipinski definition) is 3. The molecular formula is C11H15Cl2FN4O. The number of nitrogens with one attached hydrogen (secondary N) is 2. The van der Waals surface area contributed by atoms with Crippen LogP contribution in [0.15, 0.2) is 18.2 Å². The van der Waals surface area contributed by atoms with Gasteiger partial charge in [0.1, 0.15) is 11.6 Å². The zero-order valence-electron chi connectivity index (χ0n) is 9.98. The molecule has 2 aromatic rings. The molecule has 2 rings (SSSR count). The molecule has 1 amide bonds. The Kier molecular flexibility index (Phi) is 7.36. The Balaban J connectivity index is 0.00000162. The van der Waals surface area contributed by atoms with Gasteiger partial charge in [-0.25, -0.2) is 9.37 Å². The third-order valence-electron chi connectivity index (χ3n) is 2.32. The van der Waals surface area contributed by atoms with Crippen molar-refractivity contribution in [3.05, 3.63) is 29.8 Å². The molecule has 8 heteroatoms. The van der Waals surface area contributed by atoms with Crippen molar-refractivity contribution in [3.63, 3.8) is 0 Å². The highest BCUT2D eigenvalue weighted by molar-refractivity contribution is 5.85. The van der Waals surface area contributed by atoms with Crippen molar-refractivity contribution in [3.8, 4) is 0 Å². The van der Waals surface area contributed by atoms with E-state index in [9.17, 15) is 9.18 Å². The maximum Gasteiger partial charge on any atom is 0.221 e. The van der Waals surface area contributed by atoms with Crippen LogP contribution in [0, 0.1) is 5.82 Å². The SMILES string of the molecule is Cl.Cl.NCCC(=O)NCc1nc2ccc(F)cc2[nH]1. The lowest BCUT2D eigenvalue weighted by Crippen LogP contribution is -2.25. The minimum absolute atomic E-state index is 0. The number of hydrogen-bond donors (Lipinski definition) is 3. The van der Waals surface area contributed by atoms with Gasteiger partial charge >= 0.3 is 0 Å². The average Bonchev–Trinajstić information content (AvgIpc) is 2.68. The molecule has 0 saturated carbocycles. The predicted octanol–water partition coefficient (Wildman–Crippen LogP) is 1.51. The number of carbonyl (C=O) groups excluding carboxylic acids is 1. The van der Waals surface area contributed by atoms with Crippen LogP contribution in [-0.2, 0) is 11.3 Å². The summed E-state index contributed by atoms with van der Waals surface area (Å²) in [5.41, 5.74) is 6.54. The quantitative estimate of drug-likeness (QED) is 0.800. The summed E-state index contributed by atoms with van der Waals surface area (Å²) in [4.78, 5) is 18.3. The maximum atomic E-state index is 12.9. The second kappa shape index (κ2) is 7.93. The van der Waals surface area contributed by atoms with E-state index in [1.165, 1.54) is 12.1 Å². The van der Waals surface area contributed by atoms with Crippen LogP contribution in [0.2, 0.25) is 0 Å². The molecule has 0 bridgehead atoms. The van der Waals surface area contributed by atoms with Crippen LogP contribution < -0.4 is 11.1 Å². The summed E-state index contributed by atoms with van der Waals surface area (Å²) in [6, 6.07) is 4.31. The van der Waals surface area contributed by atoms with E-state index in [1.54, 1.807) is 6.07 Å². The molecule has 4 N–H and O–H groups in total. The second-order valence-electron chi connectivity index (χ2n) is 3.66. The molecule has 0 spiro atoms. The average molecular weight is 309 g/mol. The Morgan fingerprint density at radius 2 is 2.16 bits per heavy atom. The third kappa shape index (κ3) is 4.66. The molecule has 1 heterocycles. The number of aromatic nitrogens is 2. The maximum absolute atomic E-state index is 12.9. The topological polar surface area (TPSA) is 83.8 Å². The number of nitrogens with zero attached hydrogens (tertiary/aromatic N) is 1. The van der Waals surface area contributed by atoms with Gasteiger partial charge in [-0.2, -0.15) is 0 Å². The minimum atomic E-state index is -0.320. The van der Waals surface area contributed by atoms with Crippen molar-refractivity contribution in [2.24, 2.45) is 5.73 Å². The molecule has 19 heavy (non-hydrogen) atoms. The Morgan fingerprint density at radius 3 is 2.84 bits per heavy atom. The van der Waals surface area contributed by atoms with Crippen molar-refractivity contribution in [1.29, 1.82) is 0 Å². The van der Waals surface area contributed by atoms with E-state index in [-0.39, 0.29) is 49.5 Å². The zero-order chi connectivity index (χ0) is 12.3. The van der Waals surface area contributed by atoms with Crippen LogP contribution in [-0.4, -0.2) is 22.4 Å². The summed E-state index contributed by atoms with van der Waals surface area (Å²) < 4.78 is 12.9. The van der Waals surface area contributed by atoms with Crippen molar-refractivity contribution in [2.75, 3.05) is 6.54 Å². The lowest BCUT2D eigenvalue weighted by molar-refractivity contribution is -0.121. The first-order valence-corrected chi connectivity index (χ1v) is 5.30. The fraction of sp³-hybridized carbons (Fsp3) is 0.273. The zero-order valence-corrected chi connectivity index (χ0v) is 11.6. The second-order valence-corrected chi connectivity index (χ2v) is 3.66. The number of imidazole rings is 1. The number of H-pyrrole nitrogens is 1. The van der Waals surface area contributed by atoms with E-state index in [2.05, 4.69) is 15.3 Å². The molecule has 0 aliphatic carbocycles. The number of nitrogens with two attached hydrogens (primary N) is 1. The fourth-order valence-electron chi connectivity index (χ4n) is 1.52. The minimum Gasteiger partial charge on any atom is -0.349 e. The van der Waals surface area contributed by atoms with E-state index in [0.717, 1.165) is 0 Å². The highest BCUT2D eigenvalue weighted by atomic mass is 35.5. The molecular weight excluding hydrogens is 294 g/mol. The van der Waals surface area contributed by atoms with Crippen molar-refractivity contribution < 1.29 is 9.18 Å². The first-order valence-electron chi connectivity index (χ1n) is 5.30. The van der Waals surface area contributed by atoms with Gasteiger partial charge in [0.25, 0.3) is 0 Å². The van der Waals surface area contributed by atoms with Crippen molar-refractivity contribution >= 4 is 41.8 Å². The highest BCUT2D eigenvalue weighted by Gasteiger charge is 2.05. The number of halogens is 3. The Hall–Kier alpha value is -1.37. The molecule has 0 saturated heterocycles. The molecule has 0 fully saturated rings. The van der Waals surface area contributed by atoms with E-state index >= 15 is 0 Å². The molecule has 1 aromatic heterocycles. The normalized spacial score (nSPS) is 9.58. The van der Waals surface area contributed by atoms with Crippen LogP contribution in [0.1, 0.15) is 12.2 Å². The standard InChI is InChI=1S/C11H13FN4O.2ClH/c12-7-1-2-8-9(5-7)16-10(15-8)6-14-11(17)3-4-13;;/h1-2,5H,3-4,6,13H2,(H,14,17)(H,15,16);2*1H. The first kappa shape index (κ1) is 17.6. The van der Waals surface area contributed by atoms with Crippen LogP contribution in [0.25, 0.3) is 11.0 Å². The summed E-state index contributed by atoms with van der Waals surface area (Å²) >= 11 is 0. The first-order chi connectivity index (χ1) is 8.19. The van der Waals surface area contributed by atoms with E-state index in [0.29, 0.717) is 23.4 Å². The summed E-state index contributed by atoms with van der Waals surface area (Å²) in [7, 11) is 0. The van der Waals surface area contributed by atoms with Gasteiger partial charge in [0.2, 0.25) is 5.91 Å². The lowest BCUT2D eigenvalue weighted by atomic mass is 10.3. The smallest absolute Gasteiger partial charge is 0.221 e. The van der Waals surface area contributed by atoms with E-state index in [4.69, 9.17) is 5.73 Å². The van der Waals surface area contributed by atoms with Gasteiger partial charge in [-0.15, -0.1) is 24.8 Å². The Morgan fingerprint density at radius 1 is 1.42 bits per heavy atom. The van der Waals surface area contributed by atoms with Gasteiger partial charge < -0.3 is 16.0 Å². The molecule has 0 radical (unpaired) electrons. The largest absolute Gasteiger partial charge is 0.349 e. The van der Waals surface area contributed by atoms with Gasteiger partial charge in [-0.1, -0.05) is 0 Å². The summed E-state index contributed by atoms with van der Waals surface area (Å²) in [5, 5.41) is 2.67. The summed E-state index contributed by atoms with van der Waals surface area (Å²) in [5.74, 6) is 0.148. The molecule has 0 aliphatic heterocycles. The molecule has 106 valence electrons. The summed E-state index contributed by atoms with van der Waals surface area (Å²) in [6.07, 6.45) is 0.287. The van der Waals surface area contributed by atoms with Crippen molar-refractivity contribution in [2.45, 2.75) is 13.0 Å². The molecule has 0 aliphatic rings. The van der Waals surface area contributed by atoms with Gasteiger partial charge in [0.15, 0.2) is 0 Å². The molecule has 5 nitrogen and oxygen atoms in total. The monoisotopic (exact) mass is 308 g/mol. The Bertz CT molecular complexity index is 546. The molecule has 0 atom stereocenters. The van der Waals surface area contributed by atoms with Crippen LogP contribution >= 0.6 is 24.8 Å². The number of benzene rings is 1. The molecule has 0 unspecified atom stereocenters. The summed E-state index contributed by atoms with van der Waals surface area (Å²) in [6.45, 7) is 0.603. The number of rotatable bonds is 4. The fourth-order valence-corrected chi connectivity index (χ4v) is 1.52. The Labute approximate surface area is 122 Å². The van der Waals surface area contributed by atoms with Gasteiger partial charge in [-0.3, -0.25) is 4.79 Å². The highest BCUT2D eigenvalue weighted by Crippen LogP contribution is 2.12. The lowest BCUT2D eigenvalue weighted by Gasteiger charge is -2.00. The number of amides is 1.